The van der Waals surface area contributed by atoms with Crippen molar-refractivity contribution in [3.05, 3.63) is 39.4 Å². The maximum absolute atomic E-state index is 12.0. The largest absolute Gasteiger partial charge is 0.465 e. The summed E-state index contributed by atoms with van der Waals surface area (Å²) in [5.74, 6) is -1.06. The molecule has 0 aliphatic carbocycles. The van der Waals surface area contributed by atoms with Gasteiger partial charge in [-0.3, -0.25) is 15.1 Å². The van der Waals surface area contributed by atoms with Gasteiger partial charge in [0.05, 0.1) is 28.6 Å². The van der Waals surface area contributed by atoms with Gasteiger partial charge in [-0.1, -0.05) is 6.07 Å². The topological polar surface area (TPSA) is 111 Å². The summed E-state index contributed by atoms with van der Waals surface area (Å²) in [6, 6.07) is 4.44. The van der Waals surface area contributed by atoms with Crippen LogP contribution in [0.1, 0.15) is 56.5 Å². The van der Waals surface area contributed by atoms with E-state index in [2.05, 4.69) is 9.73 Å². The van der Waals surface area contributed by atoms with Crippen LogP contribution in [0.2, 0.25) is 0 Å². The molecule has 1 saturated heterocycles. The van der Waals surface area contributed by atoms with Crippen molar-refractivity contribution in [2.24, 2.45) is 10.4 Å². The molecule has 1 aromatic carbocycles. The Balaban J connectivity index is 2.14. The third-order valence-electron chi connectivity index (χ3n) is 4.79. The number of benzene rings is 1. The molecule has 9 nitrogen and oxygen atoms in total. The highest BCUT2D eigenvalue weighted by Gasteiger charge is 2.33. The number of esters is 1. The zero-order valence-electron chi connectivity index (χ0n) is 17.4. The van der Waals surface area contributed by atoms with Gasteiger partial charge in [-0.05, 0) is 52.7 Å². The molecule has 0 radical (unpaired) electrons. The first-order valence-electron chi connectivity index (χ1n) is 9.35. The van der Waals surface area contributed by atoms with Gasteiger partial charge in [0.25, 0.3) is 5.69 Å². The SMILES string of the molecule is COC(=O)c1cccc(C=NC2(C)CCN(OC(=O)C(C)(C)C)CC2)c1[N+](=O)[O-]. The number of hydroxylamine groups is 2. The van der Waals surface area contributed by atoms with Gasteiger partial charge < -0.3 is 9.57 Å². The van der Waals surface area contributed by atoms with Crippen molar-refractivity contribution in [2.75, 3.05) is 20.2 Å². The van der Waals surface area contributed by atoms with Crippen molar-refractivity contribution >= 4 is 23.8 Å². The standard InChI is InChI=1S/C20H27N3O6/c1-19(2,3)18(25)29-22-11-9-20(4,10-12-22)21-13-14-7-6-8-15(17(24)28-5)16(14)23(26)27/h6-8,13H,9-12H2,1-5H3. The van der Waals surface area contributed by atoms with Crippen LogP contribution in [-0.2, 0) is 14.4 Å². The van der Waals surface area contributed by atoms with E-state index in [4.69, 9.17) is 4.84 Å². The number of piperidine rings is 1. The number of methoxy groups -OCH3 is 1. The summed E-state index contributed by atoms with van der Waals surface area (Å²) in [4.78, 5) is 44.7. The average molecular weight is 405 g/mol. The van der Waals surface area contributed by atoms with Crippen LogP contribution in [0.15, 0.2) is 23.2 Å². The van der Waals surface area contributed by atoms with E-state index in [1.165, 1.54) is 25.5 Å². The lowest BCUT2D eigenvalue weighted by Gasteiger charge is -2.36. The molecular weight excluding hydrogens is 378 g/mol. The number of para-hydroxylation sites is 1. The molecule has 0 amide bonds. The second-order valence-electron chi connectivity index (χ2n) is 8.31. The highest BCUT2D eigenvalue weighted by atomic mass is 16.7. The Morgan fingerprint density at radius 3 is 2.41 bits per heavy atom. The fraction of sp³-hybridized carbons (Fsp3) is 0.550. The Kier molecular flexibility index (Phi) is 6.73. The summed E-state index contributed by atoms with van der Waals surface area (Å²) >= 11 is 0. The van der Waals surface area contributed by atoms with Crippen molar-refractivity contribution in [3.63, 3.8) is 0 Å². The average Bonchev–Trinajstić information content (AvgIpc) is 2.66. The fourth-order valence-corrected chi connectivity index (χ4v) is 2.81. The number of ether oxygens (including phenoxy) is 1. The summed E-state index contributed by atoms with van der Waals surface area (Å²) in [6.45, 7) is 8.36. The number of hydrogen-bond donors (Lipinski definition) is 0. The molecule has 1 fully saturated rings. The smallest absolute Gasteiger partial charge is 0.344 e. The minimum Gasteiger partial charge on any atom is -0.465 e. The molecule has 0 unspecified atom stereocenters. The van der Waals surface area contributed by atoms with E-state index >= 15 is 0 Å². The van der Waals surface area contributed by atoms with Gasteiger partial charge >= 0.3 is 11.9 Å². The van der Waals surface area contributed by atoms with E-state index in [0.29, 0.717) is 25.9 Å². The number of nitro benzene ring substituents is 1. The quantitative estimate of drug-likeness (QED) is 0.320. The van der Waals surface area contributed by atoms with Crippen LogP contribution in [0, 0.1) is 15.5 Å². The first kappa shape index (κ1) is 22.5. The van der Waals surface area contributed by atoms with Crippen molar-refractivity contribution in [2.45, 2.75) is 46.1 Å². The second kappa shape index (κ2) is 8.69. The monoisotopic (exact) mass is 405 g/mol. The van der Waals surface area contributed by atoms with Gasteiger partial charge in [0.15, 0.2) is 0 Å². The Morgan fingerprint density at radius 1 is 1.28 bits per heavy atom. The molecule has 29 heavy (non-hydrogen) atoms. The molecule has 1 aliphatic heterocycles. The normalized spacial score (nSPS) is 17.1. The molecule has 1 aromatic rings. The summed E-state index contributed by atoms with van der Waals surface area (Å²) < 4.78 is 4.63. The molecule has 1 heterocycles. The van der Waals surface area contributed by atoms with E-state index in [9.17, 15) is 19.7 Å². The highest BCUT2D eigenvalue weighted by molar-refractivity contribution is 5.99. The van der Waals surface area contributed by atoms with E-state index in [1.54, 1.807) is 31.9 Å². The lowest BCUT2D eigenvalue weighted by atomic mass is 9.91. The predicted octanol–water partition coefficient (Wildman–Crippen LogP) is 3.16. The van der Waals surface area contributed by atoms with Crippen LogP contribution in [0.4, 0.5) is 5.69 Å². The molecule has 158 valence electrons. The Hall–Kier alpha value is -2.81. The number of nitrogens with zero attached hydrogens (tertiary/aromatic N) is 3. The summed E-state index contributed by atoms with van der Waals surface area (Å²) in [7, 11) is 1.17. The molecule has 0 N–H and O–H groups in total. The van der Waals surface area contributed by atoms with Crippen LogP contribution in [-0.4, -0.2) is 53.9 Å². The van der Waals surface area contributed by atoms with E-state index in [1.807, 2.05) is 6.92 Å². The zero-order valence-corrected chi connectivity index (χ0v) is 17.4. The van der Waals surface area contributed by atoms with E-state index < -0.39 is 21.8 Å². The maximum atomic E-state index is 12.0. The number of rotatable bonds is 5. The second-order valence-corrected chi connectivity index (χ2v) is 8.31. The van der Waals surface area contributed by atoms with Crippen molar-refractivity contribution in [1.82, 2.24) is 5.06 Å². The molecule has 0 bridgehead atoms. The first-order valence-corrected chi connectivity index (χ1v) is 9.35. The van der Waals surface area contributed by atoms with Gasteiger partial charge in [0.1, 0.15) is 5.56 Å². The lowest BCUT2D eigenvalue weighted by Crippen LogP contribution is -2.44. The van der Waals surface area contributed by atoms with Crippen molar-refractivity contribution < 1.29 is 24.1 Å². The maximum Gasteiger partial charge on any atom is 0.344 e. The van der Waals surface area contributed by atoms with Crippen LogP contribution < -0.4 is 0 Å². The Labute approximate surface area is 169 Å². The van der Waals surface area contributed by atoms with Crippen LogP contribution in [0.25, 0.3) is 0 Å². The number of carbonyl (C=O) groups excluding carboxylic acids is 2. The molecule has 1 aliphatic rings. The molecule has 9 heteroatoms. The van der Waals surface area contributed by atoms with Gasteiger partial charge in [0, 0.05) is 19.3 Å². The minimum atomic E-state index is -0.771. The summed E-state index contributed by atoms with van der Waals surface area (Å²) in [5.41, 5.74) is -1.25. The summed E-state index contributed by atoms with van der Waals surface area (Å²) in [5, 5.41) is 13.1. The fourth-order valence-electron chi connectivity index (χ4n) is 2.81. The number of nitro groups is 1. The number of hydrogen-bond acceptors (Lipinski definition) is 8. The predicted molar refractivity (Wildman–Crippen MR) is 107 cm³/mol. The number of carbonyl (C=O) groups is 2. The Morgan fingerprint density at radius 2 is 1.90 bits per heavy atom. The van der Waals surface area contributed by atoms with Crippen molar-refractivity contribution in [1.29, 1.82) is 0 Å². The van der Waals surface area contributed by atoms with Crippen LogP contribution >= 0.6 is 0 Å². The first-order chi connectivity index (χ1) is 13.5. The minimum absolute atomic E-state index is 0.115. The molecule has 2 rings (SSSR count). The zero-order chi connectivity index (χ0) is 21.8. The highest BCUT2D eigenvalue weighted by Crippen LogP contribution is 2.29. The van der Waals surface area contributed by atoms with Gasteiger partial charge in [-0.2, -0.15) is 0 Å². The van der Waals surface area contributed by atoms with Gasteiger partial charge in [0.2, 0.25) is 0 Å². The van der Waals surface area contributed by atoms with Gasteiger partial charge in [-0.25, -0.2) is 9.59 Å². The van der Waals surface area contributed by atoms with E-state index in [-0.39, 0.29) is 22.8 Å². The molecule has 0 atom stereocenters. The number of aliphatic imine (C=N–C) groups is 1. The third-order valence-corrected chi connectivity index (χ3v) is 4.79. The van der Waals surface area contributed by atoms with Gasteiger partial charge in [-0.15, -0.1) is 5.06 Å². The Bertz CT molecular complexity index is 820. The summed E-state index contributed by atoms with van der Waals surface area (Å²) in [6.07, 6.45) is 2.66. The van der Waals surface area contributed by atoms with E-state index in [0.717, 1.165) is 0 Å². The third kappa shape index (κ3) is 5.60. The molecule has 0 spiro atoms. The molecule has 0 aromatic heterocycles. The molecule has 0 saturated carbocycles. The lowest BCUT2D eigenvalue weighted by molar-refractivity contribution is -0.385. The van der Waals surface area contributed by atoms with Crippen molar-refractivity contribution in [3.8, 4) is 0 Å². The molecular formula is C20H27N3O6. The van der Waals surface area contributed by atoms with Crippen LogP contribution in [0.5, 0.6) is 0 Å². The van der Waals surface area contributed by atoms with Crippen LogP contribution in [0.3, 0.4) is 0 Å².